The number of nitrogens with one attached hydrogen (secondary N) is 4. The molecule has 0 radical (unpaired) electrons. The molecule has 5 rings (SSSR count). The van der Waals surface area contributed by atoms with Crippen molar-refractivity contribution in [2.24, 2.45) is 18.9 Å². The zero-order chi connectivity index (χ0) is 30.3. The van der Waals surface area contributed by atoms with Crippen molar-refractivity contribution >= 4 is 40.3 Å². The molecule has 3 aliphatic rings. The standard InChI is InChI=1S/C33H45N5O5/c1-38-27-15-9-8-12-22(27)20-28(38)32(42)37-26(18-21-10-4-2-5-11-21)31(41)36-25(19-23-16-17-34-30(23)40)29(39)33(43)35-24-13-6-3-7-14-24/h8-9,12,15,20-21,23-26H,2-7,10-11,13-14,16-19H2,1H3,(H,34,40)(H,35,43)(H,36,41)(H,37,42)/t23-,25-,26-/m0/s1. The number of amides is 4. The van der Waals surface area contributed by atoms with Crippen molar-refractivity contribution in [2.75, 3.05) is 6.54 Å². The van der Waals surface area contributed by atoms with Crippen molar-refractivity contribution < 1.29 is 24.0 Å². The van der Waals surface area contributed by atoms with Gasteiger partial charge in [-0.3, -0.25) is 24.0 Å². The van der Waals surface area contributed by atoms with E-state index in [1.54, 1.807) is 10.6 Å². The molecule has 4 amide bonds. The average molecular weight is 592 g/mol. The molecular formula is C33H45N5O5. The van der Waals surface area contributed by atoms with E-state index in [4.69, 9.17) is 0 Å². The van der Waals surface area contributed by atoms with Gasteiger partial charge in [-0.1, -0.05) is 69.6 Å². The Hall–Kier alpha value is -3.69. The summed E-state index contributed by atoms with van der Waals surface area (Å²) in [6, 6.07) is 7.40. The third-order valence-electron chi connectivity index (χ3n) is 9.58. The number of ketones is 1. The topological polar surface area (TPSA) is 138 Å². The summed E-state index contributed by atoms with van der Waals surface area (Å²) in [5, 5.41) is 12.3. The lowest BCUT2D eigenvalue weighted by molar-refractivity contribution is -0.141. The number of carbonyl (C=O) groups excluding carboxylic acids is 5. The molecule has 1 saturated heterocycles. The minimum atomic E-state index is -1.16. The molecule has 1 aromatic carbocycles. The molecule has 2 aliphatic carbocycles. The summed E-state index contributed by atoms with van der Waals surface area (Å²) in [5.41, 5.74) is 1.34. The zero-order valence-corrected chi connectivity index (χ0v) is 25.2. The van der Waals surface area contributed by atoms with Crippen molar-refractivity contribution in [3.05, 3.63) is 36.0 Å². The molecule has 1 aromatic heterocycles. The Balaban J connectivity index is 1.34. The molecule has 2 aromatic rings. The molecule has 10 nitrogen and oxygen atoms in total. The number of fused-ring (bicyclic) bond motifs is 1. The molecule has 3 fully saturated rings. The van der Waals surface area contributed by atoms with Crippen LogP contribution in [0.15, 0.2) is 30.3 Å². The van der Waals surface area contributed by atoms with E-state index in [-0.39, 0.29) is 30.2 Å². The van der Waals surface area contributed by atoms with E-state index >= 15 is 0 Å². The fourth-order valence-corrected chi connectivity index (χ4v) is 7.05. The van der Waals surface area contributed by atoms with E-state index in [0.29, 0.717) is 25.1 Å². The second kappa shape index (κ2) is 14.2. The van der Waals surface area contributed by atoms with Gasteiger partial charge in [-0.15, -0.1) is 0 Å². The van der Waals surface area contributed by atoms with Crippen LogP contribution in [0, 0.1) is 11.8 Å². The minimum Gasteiger partial charge on any atom is -0.356 e. The molecule has 0 bridgehead atoms. The summed E-state index contributed by atoms with van der Waals surface area (Å²) < 4.78 is 1.81. The van der Waals surface area contributed by atoms with Crippen LogP contribution in [0.5, 0.6) is 0 Å². The van der Waals surface area contributed by atoms with Gasteiger partial charge >= 0.3 is 0 Å². The Kier molecular flexibility index (Phi) is 10.1. The Morgan fingerprint density at radius 2 is 1.58 bits per heavy atom. The minimum absolute atomic E-state index is 0.0434. The zero-order valence-electron chi connectivity index (χ0n) is 25.2. The molecule has 1 aliphatic heterocycles. The second-order valence-electron chi connectivity index (χ2n) is 12.7. The number of aryl methyl sites for hydroxylation is 1. The van der Waals surface area contributed by atoms with Gasteiger partial charge in [0.2, 0.25) is 17.6 Å². The van der Waals surface area contributed by atoms with E-state index in [1.165, 1.54) is 0 Å². The van der Waals surface area contributed by atoms with Crippen LogP contribution >= 0.6 is 0 Å². The van der Waals surface area contributed by atoms with Crippen LogP contribution in [0.25, 0.3) is 10.9 Å². The Bertz CT molecular complexity index is 1340. The number of nitrogens with zero attached hydrogens (tertiary/aromatic N) is 1. The van der Waals surface area contributed by atoms with Crippen LogP contribution in [0.1, 0.15) is 94.0 Å². The number of benzene rings is 1. The third kappa shape index (κ3) is 7.64. The fraction of sp³-hybridized carbons (Fsp3) is 0.606. The second-order valence-corrected chi connectivity index (χ2v) is 12.7. The predicted octanol–water partition coefficient (Wildman–Crippen LogP) is 3.28. The van der Waals surface area contributed by atoms with Gasteiger partial charge in [0.05, 0.1) is 6.04 Å². The molecule has 0 spiro atoms. The van der Waals surface area contributed by atoms with Crippen LogP contribution in [0.3, 0.4) is 0 Å². The van der Waals surface area contributed by atoms with Gasteiger partial charge < -0.3 is 25.8 Å². The molecule has 232 valence electrons. The summed E-state index contributed by atoms with van der Waals surface area (Å²) in [6.45, 7) is 0.498. The van der Waals surface area contributed by atoms with E-state index in [1.807, 2.05) is 31.3 Å². The van der Waals surface area contributed by atoms with Gasteiger partial charge in [0, 0.05) is 36.5 Å². The summed E-state index contributed by atoms with van der Waals surface area (Å²) in [5.74, 6) is -2.72. The molecular weight excluding hydrogens is 546 g/mol. The first-order valence-electron chi connectivity index (χ1n) is 16.1. The van der Waals surface area contributed by atoms with Crippen molar-refractivity contribution in [2.45, 2.75) is 102 Å². The number of hydrogen-bond donors (Lipinski definition) is 4. The first kappa shape index (κ1) is 30.8. The van der Waals surface area contributed by atoms with Crippen LogP contribution in [-0.2, 0) is 26.2 Å². The number of Topliss-reactive ketones (excluding diaryl/α,β-unsaturated/α-hetero) is 1. The van der Waals surface area contributed by atoms with Gasteiger partial charge in [0.25, 0.3) is 11.8 Å². The molecule has 2 saturated carbocycles. The number of aromatic nitrogens is 1. The molecule has 43 heavy (non-hydrogen) atoms. The van der Waals surface area contributed by atoms with Crippen molar-refractivity contribution in [1.29, 1.82) is 0 Å². The lowest BCUT2D eigenvalue weighted by Crippen LogP contribution is -2.55. The van der Waals surface area contributed by atoms with Gasteiger partial charge in [-0.2, -0.15) is 0 Å². The number of carbonyl (C=O) groups is 5. The van der Waals surface area contributed by atoms with Gasteiger partial charge in [0.15, 0.2) is 0 Å². The highest BCUT2D eigenvalue weighted by Crippen LogP contribution is 2.28. The lowest BCUT2D eigenvalue weighted by Gasteiger charge is -2.29. The summed E-state index contributed by atoms with van der Waals surface area (Å²) in [6.07, 6.45) is 11.1. The van der Waals surface area contributed by atoms with Crippen LogP contribution in [-0.4, -0.2) is 58.6 Å². The van der Waals surface area contributed by atoms with Crippen molar-refractivity contribution in [3.63, 3.8) is 0 Å². The summed E-state index contributed by atoms with van der Waals surface area (Å²) >= 11 is 0. The normalized spacial score (nSPS) is 21.1. The maximum atomic E-state index is 13.9. The first-order valence-corrected chi connectivity index (χ1v) is 16.1. The van der Waals surface area contributed by atoms with Gasteiger partial charge in [-0.05, 0) is 50.2 Å². The van der Waals surface area contributed by atoms with Crippen molar-refractivity contribution in [3.8, 4) is 0 Å². The Morgan fingerprint density at radius 3 is 2.26 bits per heavy atom. The van der Waals surface area contributed by atoms with E-state index in [0.717, 1.165) is 75.1 Å². The monoisotopic (exact) mass is 591 g/mol. The molecule has 4 N–H and O–H groups in total. The SMILES string of the molecule is Cn1c(C(=O)N[C@@H](CC2CCCCC2)C(=O)N[C@@H](C[C@@H]2CCNC2=O)C(=O)C(=O)NC2CCCCC2)cc2ccccc21. The highest BCUT2D eigenvalue weighted by molar-refractivity contribution is 6.38. The van der Waals surface area contributed by atoms with Gasteiger partial charge in [-0.25, -0.2) is 0 Å². The lowest BCUT2D eigenvalue weighted by atomic mass is 9.84. The number of hydrogen-bond acceptors (Lipinski definition) is 5. The maximum Gasteiger partial charge on any atom is 0.289 e. The molecule has 10 heteroatoms. The molecule has 0 unspecified atom stereocenters. The Morgan fingerprint density at radius 1 is 0.884 bits per heavy atom. The smallest absolute Gasteiger partial charge is 0.289 e. The van der Waals surface area contributed by atoms with E-state index in [2.05, 4.69) is 21.3 Å². The predicted molar refractivity (Wildman–Crippen MR) is 163 cm³/mol. The summed E-state index contributed by atoms with van der Waals surface area (Å²) in [7, 11) is 1.82. The molecule has 3 atom stereocenters. The largest absolute Gasteiger partial charge is 0.356 e. The maximum absolute atomic E-state index is 13.9. The van der Waals surface area contributed by atoms with Crippen LogP contribution in [0.2, 0.25) is 0 Å². The Labute approximate surface area is 253 Å². The van der Waals surface area contributed by atoms with Crippen LogP contribution in [0.4, 0.5) is 0 Å². The van der Waals surface area contributed by atoms with Crippen LogP contribution < -0.4 is 21.3 Å². The van der Waals surface area contributed by atoms with E-state index < -0.39 is 35.6 Å². The first-order chi connectivity index (χ1) is 20.8. The van der Waals surface area contributed by atoms with Crippen molar-refractivity contribution in [1.82, 2.24) is 25.8 Å². The highest BCUT2D eigenvalue weighted by Gasteiger charge is 2.37. The molecule has 2 heterocycles. The van der Waals surface area contributed by atoms with Gasteiger partial charge in [0.1, 0.15) is 11.7 Å². The van der Waals surface area contributed by atoms with E-state index in [9.17, 15) is 24.0 Å². The third-order valence-corrected chi connectivity index (χ3v) is 9.58. The summed E-state index contributed by atoms with van der Waals surface area (Å²) in [4.78, 5) is 66.5. The quantitative estimate of drug-likeness (QED) is 0.297. The highest BCUT2D eigenvalue weighted by atomic mass is 16.2. The fourth-order valence-electron chi connectivity index (χ4n) is 7.05. The number of rotatable bonds is 11. The number of para-hydroxylation sites is 1. The average Bonchev–Trinajstić information content (AvgIpc) is 3.59.